The molecule has 6 heteroatoms. The molecule has 1 aliphatic rings. The number of amides is 1. The number of pyridine rings is 1. The van der Waals surface area contributed by atoms with Crippen molar-refractivity contribution in [3.63, 3.8) is 0 Å². The number of fused-ring (bicyclic) bond motifs is 1. The van der Waals surface area contributed by atoms with E-state index in [9.17, 15) is 9.90 Å². The number of nitrogens with one attached hydrogen (secondary N) is 1. The molecule has 0 unspecified atom stereocenters. The van der Waals surface area contributed by atoms with E-state index in [1.54, 1.807) is 25.2 Å². The highest BCUT2D eigenvalue weighted by atomic mass is 32.1. The molecule has 1 aromatic carbocycles. The molecule has 0 bridgehead atoms. The minimum absolute atomic E-state index is 0.0487. The van der Waals surface area contributed by atoms with Crippen LogP contribution in [0.4, 0.5) is 0 Å². The number of thiophene rings is 1. The average molecular weight is 474 g/mol. The number of nitrogens with zero attached hydrogens (tertiary/aromatic N) is 2. The molecule has 0 fully saturated rings. The lowest BCUT2D eigenvalue weighted by molar-refractivity contribution is -0.120. The quantitative estimate of drug-likeness (QED) is 0.532. The van der Waals surface area contributed by atoms with Crippen LogP contribution in [0.1, 0.15) is 52.2 Å². The van der Waals surface area contributed by atoms with Gasteiger partial charge in [0.25, 0.3) is 0 Å². The van der Waals surface area contributed by atoms with Crippen LogP contribution in [0.15, 0.2) is 48.0 Å². The molecule has 0 aliphatic carbocycles. The Kier molecular flexibility index (Phi) is 7.47. The van der Waals surface area contributed by atoms with Crippen LogP contribution in [0.2, 0.25) is 0 Å². The van der Waals surface area contributed by atoms with Gasteiger partial charge in [0.15, 0.2) is 0 Å². The maximum atomic E-state index is 12.4. The van der Waals surface area contributed by atoms with Crippen molar-refractivity contribution in [2.75, 3.05) is 6.54 Å². The molecule has 0 saturated heterocycles. The first-order valence-corrected chi connectivity index (χ1v) is 12.5. The number of rotatable bonds is 6. The van der Waals surface area contributed by atoms with Crippen molar-refractivity contribution in [1.82, 2.24) is 15.2 Å². The van der Waals surface area contributed by atoms with Crippen LogP contribution in [0.3, 0.4) is 0 Å². The van der Waals surface area contributed by atoms with E-state index in [1.165, 1.54) is 16.7 Å². The van der Waals surface area contributed by atoms with E-state index in [0.29, 0.717) is 13.0 Å². The molecule has 3 aromatic rings. The van der Waals surface area contributed by atoms with Gasteiger partial charge in [-0.15, -0.1) is 11.3 Å². The maximum Gasteiger partial charge on any atom is 0.225 e. The van der Waals surface area contributed by atoms with Crippen LogP contribution in [-0.2, 0) is 37.3 Å². The molecule has 0 saturated carbocycles. The standard InChI is InChI=1S/C28H31N3O2S/c1-20-26(17-30-27(32)15-24-5-4-14-34-24)25-11-13-31(19-23(25)16-29-20)18-22-8-6-21(7-9-22)10-12-28(2,3)33/h4-9,14,16,33H,11,13,15,17-19H2,1-3H3,(H,30,32). The highest BCUT2D eigenvalue weighted by Gasteiger charge is 2.21. The van der Waals surface area contributed by atoms with Crippen LogP contribution >= 0.6 is 11.3 Å². The molecule has 4 rings (SSSR count). The molecule has 2 aromatic heterocycles. The van der Waals surface area contributed by atoms with Gasteiger partial charge >= 0.3 is 0 Å². The fourth-order valence-corrected chi connectivity index (χ4v) is 4.85. The second kappa shape index (κ2) is 10.5. The minimum atomic E-state index is -0.988. The Hall–Kier alpha value is -2.98. The number of aryl methyl sites for hydroxylation is 1. The third-order valence-corrected chi connectivity index (χ3v) is 6.80. The van der Waals surface area contributed by atoms with Gasteiger partial charge < -0.3 is 10.4 Å². The van der Waals surface area contributed by atoms with Gasteiger partial charge in [0, 0.05) is 48.5 Å². The third-order valence-electron chi connectivity index (χ3n) is 5.92. The Balaban J connectivity index is 1.38. The zero-order chi connectivity index (χ0) is 24.1. The van der Waals surface area contributed by atoms with Gasteiger partial charge in [-0.25, -0.2) is 0 Å². The summed E-state index contributed by atoms with van der Waals surface area (Å²) >= 11 is 1.61. The van der Waals surface area contributed by atoms with Gasteiger partial charge in [0.2, 0.25) is 5.91 Å². The van der Waals surface area contributed by atoms with Crippen LogP contribution in [-0.4, -0.2) is 33.0 Å². The first kappa shape index (κ1) is 24.2. The van der Waals surface area contributed by atoms with Crippen LogP contribution in [0.5, 0.6) is 0 Å². The van der Waals surface area contributed by atoms with E-state index in [1.807, 2.05) is 42.8 Å². The second-order valence-electron chi connectivity index (χ2n) is 9.33. The Bertz CT molecular complexity index is 1200. The fourth-order valence-electron chi connectivity index (χ4n) is 4.15. The van der Waals surface area contributed by atoms with Gasteiger partial charge in [-0.3, -0.25) is 14.7 Å². The molecule has 34 heavy (non-hydrogen) atoms. The largest absolute Gasteiger partial charge is 0.378 e. The van der Waals surface area contributed by atoms with E-state index < -0.39 is 5.60 Å². The second-order valence-corrected chi connectivity index (χ2v) is 10.4. The van der Waals surface area contributed by atoms with Crippen molar-refractivity contribution < 1.29 is 9.90 Å². The molecular weight excluding hydrogens is 442 g/mol. The first-order valence-electron chi connectivity index (χ1n) is 11.6. The average Bonchev–Trinajstić information content (AvgIpc) is 3.30. The van der Waals surface area contributed by atoms with Crippen molar-refractivity contribution >= 4 is 17.2 Å². The molecule has 0 radical (unpaired) electrons. The minimum Gasteiger partial charge on any atom is -0.378 e. The summed E-state index contributed by atoms with van der Waals surface area (Å²) in [7, 11) is 0. The van der Waals surface area contributed by atoms with E-state index in [0.717, 1.165) is 47.8 Å². The number of benzene rings is 1. The topological polar surface area (TPSA) is 65.5 Å². The summed E-state index contributed by atoms with van der Waals surface area (Å²) in [5, 5.41) is 14.9. The SMILES string of the molecule is Cc1ncc2c(c1CNC(=O)Cc1cccs1)CCN(Cc1ccc(C#CC(C)(C)O)cc1)C2. The third kappa shape index (κ3) is 6.54. The van der Waals surface area contributed by atoms with E-state index in [4.69, 9.17) is 0 Å². The molecule has 1 amide bonds. The van der Waals surface area contributed by atoms with Crippen LogP contribution < -0.4 is 5.32 Å². The Morgan fingerprint density at radius 2 is 2.06 bits per heavy atom. The highest BCUT2D eigenvalue weighted by molar-refractivity contribution is 7.10. The highest BCUT2D eigenvalue weighted by Crippen LogP contribution is 2.25. The molecule has 1 aliphatic heterocycles. The summed E-state index contributed by atoms with van der Waals surface area (Å²) in [5.41, 5.74) is 5.87. The normalized spacial score (nSPS) is 13.6. The summed E-state index contributed by atoms with van der Waals surface area (Å²) in [5.74, 6) is 5.92. The number of hydrogen-bond acceptors (Lipinski definition) is 5. The molecular formula is C28H31N3O2S. The van der Waals surface area contributed by atoms with Gasteiger partial charge in [-0.2, -0.15) is 0 Å². The Morgan fingerprint density at radius 3 is 2.76 bits per heavy atom. The number of hydrogen-bond donors (Lipinski definition) is 2. The zero-order valence-corrected chi connectivity index (χ0v) is 20.8. The summed E-state index contributed by atoms with van der Waals surface area (Å²) in [6.45, 7) is 8.59. The molecule has 2 N–H and O–H groups in total. The molecule has 3 heterocycles. The predicted molar refractivity (Wildman–Crippen MR) is 136 cm³/mol. The van der Waals surface area contributed by atoms with Gasteiger partial charge in [-0.1, -0.05) is 30.0 Å². The summed E-state index contributed by atoms with van der Waals surface area (Å²) in [6.07, 6.45) is 3.36. The van der Waals surface area contributed by atoms with E-state index in [-0.39, 0.29) is 5.91 Å². The Labute approximate surface area is 205 Å². The van der Waals surface area contributed by atoms with E-state index in [2.05, 4.69) is 39.2 Å². The van der Waals surface area contributed by atoms with Gasteiger partial charge in [0.1, 0.15) is 5.60 Å². The summed E-state index contributed by atoms with van der Waals surface area (Å²) in [4.78, 5) is 20.5. The lowest BCUT2D eigenvalue weighted by atomic mass is 9.94. The van der Waals surface area contributed by atoms with Crippen molar-refractivity contribution in [2.24, 2.45) is 0 Å². The number of carbonyl (C=O) groups excluding carboxylic acids is 1. The summed E-state index contributed by atoms with van der Waals surface area (Å²) in [6, 6.07) is 12.2. The van der Waals surface area contributed by atoms with Crippen LogP contribution in [0, 0.1) is 18.8 Å². The fraction of sp³-hybridized carbons (Fsp3) is 0.357. The summed E-state index contributed by atoms with van der Waals surface area (Å²) < 4.78 is 0. The van der Waals surface area contributed by atoms with Crippen molar-refractivity contribution in [1.29, 1.82) is 0 Å². The monoisotopic (exact) mass is 473 g/mol. The number of aromatic nitrogens is 1. The maximum absolute atomic E-state index is 12.4. The lowest BCUT2D eigenvalue weighted by Gasteiger charge is -2.30. The lowest BCUT2D eigenvalue weighted by Crippen LogP contribution is -2.32. The number of carbonyl (C=O) groups is 1. The predicted octanol–water partition coefficient (Wildman–Crippen LogP) is 3.99. The number of aliphatic hydroxyl groups is 1. The molecule has 0 spiro atoms. The van der Waals surface area contributed by atoms with Crippen molar-refractivity contribution in [3.8, 4) is 11.8 Å². The first-order chi connectivity index (χ1) is 16.3. The zero-order valence-electron chi connectivity index (χ0n) is 20.0. The smallest absolute Gasteiger partial charge is 0.225 e. The van der Waals surface area contributed by atoms with Crippen molar-refractivity contribution in [3.05, 3.63) is 86.4 Å². The van der Waals surface area contributed by atoms with Crippen LogP contribution in [0.25, 0.3) is 0 Å². The Morgan fingerprint density at radius 1 is 1.26 bits per heavy atom. The molecule has 5 nitrogen and oxygen atoms in total. The van der Waals surface area contributed by atoms with Gasteiger partial charge in [0.05, 0.1) is 6.42 Å². The van der Waals surface area contributed by atoms with Gasteiger partial charge in [-0.05, 0) is 73.0 Å². The van der Waals surface area contributed by atoms with E-state index >= 15 is 0 Å². The molecule has 176 valence electrons. The molecule has 0 atom stereocenters. The van der Waals surface area contributed by atoms with Crippen molar-refractivity contribution in [2.45, 2.75) is 58.8 Å².